The maximum absolute atomic E-state index is 10.1. The summed E-state index contributed by atoms with van der Waals surface area (Å²) >= 11 is 2.17. The zero-order valence-corrected chi connectivity index (χ0v) is 7.97. The van der Waals surface area contributed by atoms with Gasteiger partial charge in [-0.15, -0.1) is 0 Å². The molecule has 0 aliphatic heterocycles. The molecule has 0 saturated heterocycles. The lowest BCUT2D eigenvalue weighted by atomic mass is 10.4. The third-order valence-corrected chi connectivity index (χ3v) is 2.47. The molecule has 0 aromatic carbocycles. The smallest absolute Gasteiger partial charge is 0.132 e. The van der Waals surface area contributed by atoms with Gasteiger partial charge in [0.15, 0.2) is 0 Å². The minimum Gasteiger partial charge on any atom is -0.779 e. The third kappa shape index (κ3) is 8.88. The molecule has 0 rings (SSSR count). The van der Waals surface area contributed by atoms with Crippen molar-refractivity contribution in [1.29, 1.82) is 0 Å². The predicted molar refractivity (Wildman–Crippen MR) is 42.8 cm³/mol. The average Bonchev–Trinajstić information content (AvgIpc) is 1.63. The minimum absolute atomic E-state index is 0.0734. The van der Waals surface area contributed by atoms with E-state index in [0.717, 1.165) is 10.8 Å². The summed E-state index contributed by atoms with van der Waals surface area (Å²) in [4.78, 5) is 18.3. The van der Waals surface area contributed by atoms with E-state index in [2.05, 4.69) is 22.6 Å². The Morgan fingerprint density at radius 2 is 2.11 bits per heavy atom. The molecule has 56 valence electrons. The molecule has 5 heteroatoms. The van der Waals surface area contributed by atoms with Gasteiger partial charge >= 0.3 is 0 Å². The van der Waals surface area contributed by atoms with Crippen molar-refractivity contribution >= 4 is 30.2 Å². The van der Waals surface area contributed by atoms with E-state index in [1.165, 1.54) is 0 Å². The zero-order chi connectivity index (χ0) is 7.33. The van der Waals surface area contributed by atoms with Crippen molar-refractivity contribution in [2.75, 3.05) is 10.6 Å². The highest BCUT2D eigenvalue weighted by atomic mass is 127. The summed E-state index contributed by atoms with van der Waals surface area (Å²) in [6.45, 7) is 0. The van der Waals surface area contributed by atoms with E-state index in [1.54, 1.807) is 0 Å². The number of hydrogen-bond acceptors (Lipinski definition) is 2. The summed E-state index contributed by atoms with van der Waals surface area (Å²) in [6.07, 6.45) is 1.35. The van der Waals surface area contributed by atoms with Crippen molar-refractivity contribution in [3.63, 3.8) is 0 Å². The van der Waals surface area contributed by atoms with Gasteiger partial charge in [-0.25, -0.2) is 0 Å². The van der Waals surface area contributed by atoms with Crippen LogP contribution in [0, 0.1) is 0 Å². The predicted octanol–water partition coefficient (Wildman–Crippen LogP) is 0.747. The molecule has 1 N–H and O–H groups in total. The van der Waals surface area contributed by atoms with Gasteiger partial charge < -0.3 is 14.4 Å². The van der Waals surface area contributed by atoms with Crippen LogP contribution in [0.4, 0.5) is 0 Å². The minimum atomic E-state index is -3.95. The van der Waals surface area contributed by atoms with Gasteiger partial charge in [-0.1, -0.05) is 22.6 Å². The quantitative estimate of drug-likeness (QED) is 0.352. The number of hydrogen-bond donors (Lipinski definition) is 1. The van der Waals surface area contributed by atoms with Gasteiger partial charge in [0.1, 0.15) is 7.60 Å². The van der Waals surface area contributed by atoms with Gasteiger partial charge in [0.2, 0.25) is 0 Å². The highest BCUT2D eigenvalue weighted by Crippen LogP contribution is 2.29. The molecule has 0 heterocycles. The lowest BCUT2D eigenvalue weighted by molar-refractivity contribution is -0.193. The van der Waals surface area contributed by atoms with Crippen molar-refractivity contribution in [3.8, 4) is 0 Å². The van der Waals surface area contributed by atoms with Crippen LogP contribution in [0.15, 0.2) is 0 Å². The van der Waals surface area contributed by atoms with Gasteiger partial charge in [-0.2, -0.15) is 0 Å². The molecule has 0 aromatic heterocycles. The van der Waals surface area contributed by atoms with E-state index in [9.17, 15) is 9.46 Å². The van der Waals surface area contributed by atoms with E-state index in [4.69, 9.17) is 4.89 Å². The monoisotopic (exact) mass is 263 g/mol. The van der Waals surface area contributed by atoms with Crippen LogP contribution in [0.5, 0.6) is 0 Å². The Morgan fingerprint density at radius 3 is 2.44 bits per heavy atom. The summed E-state index contributed by atoms with van der Waals surface area (Å²) in [5.41, 5.74) is 0. The van der Waals surface area contributed by atoms with Crippen LogP contribution in [0.2, 0.25) is 0 Å². The summed E-state index contributed by atoms with van der Waals surface area (Å²) in [7, 11) is -3.95. The second-order valence-electron chi connectivity index (χ2n) is 1.76. The second-order valence-corrected chi connectivity index (χ2v) is 4.56. The van der Waals surface area contributed by atoms with Gasteiger partial charge in [0, 0.05) is 6.16 Å². The van der Waals surface area contributed by atoms with Gasteiger partial charge in [-0.05, 0) is 17.3 Å². The SMILES string of the molecule is O=P([O-])(O)CCCCI. The topological polar surface area (TPSA) is 60.4 Å². The molecule has 0 saturated carbocycles. The highest BCUT2D eigenvalue weighted by Gasteiger charge is 1.98. The number of halogens is 1. The Bertz CT molecular complexity index is 110. The normalized spacial score (nSPS) is 17.2. The average molecular weight is 263 g/mol. The lowest BCUT2D eigenvalue weighted by Gasteiger charge is -2.13. The summed E-state index contributed by atoms with van der Waals surface area (Å²) in [6, 6.07) is 0. The summed E-state index contributed by atoms with van der Waals surface area (Å²) in [5.74, 6) is 0. The fourth-order valence-corrected chi connectivity index (χ4v) is 1.57. The molecule has 1 unspecified atom stereocenters. The Hall–Kier alpha value is 0.880. The molecule has 0 aromatic rings. The fraction of sp³-hybridized carbons (Fsp3) is 1.00. The Morgan fingerprint density at radius 1 is 1.56 bits per heavy atom. The van der Waals surface area contributed by atoms with E-state index in [-0.39, 0.29) is 6.16 Å². The van der Waals surface area contributed by atoms with Crippen LogP contribution in [-0.2, 0) is 4.57 Å². The van der Waals surface area contributed by atoms with Crippen molar-refractivity contribution in [3.05, 3.63) is 0 Å². The molecular formula is C4H9IO3P-. The van der Waals surface area contributed by atoms with Crippen LogP contribution in [-0.4, -0.2) is 15.5 Å². The van der Waals surface area contributed by atoms with E-state index in [0.29, 0.717) is 6.42 Å². The lowest BCUT2D eigenvalue weighted by Crippen LogP contribution is -2.03. The first-order chi connectivity index (χ1) is 4.06. The molecular weight excluding hydrogens is 254 g/mol. The first-order valence-corrected chi connectivity index (χ1v) is 5.94. The molecule has 0 radical (unpaired) electrons. The van der Waals surface area contributed by atoms with Crippen LogP contribution < -0.4 is 4.89 Å². The van der Waals surface area contributed by atoms with Crippen LogP contribution in [0.25, 0.3) is 0 Å². The molecule has 3 nitrogen and oxygen atoms in total. The Labute approximate surface area is 68.1 Å². The van der Waals surface area contributed by atoms with Crippen molar-refractivity contribution < 1.29 is 14.4 Å². The first kappa shape index (κ1) is 9.88. The Balaban J connectivity index is 3.18. The van der Waals surface area contributed by atoms with Gasteiger partial charge in [0.05, 0.1) is 0 Å². The van der Waals surface area contributed by atoms with Crippen LogP contribution in [0.3, 0.4) is 0 Å². The van der Waals surface area contributed by atoms with Gasteiger partial charge in [0.25, 0.3) is 0 Å². The largest absolute Gasteiger partial charge is 0.779 e. The standard InChI is InChI=1S/C4H10IO3P/c5-3-1-2-4-9(6,7)8/h1-4H2,(H2,6,7,8)/p-1. The number of alkyl halides is 1. The van der Waals surface area contributed by atoms with Crippen molar-refractivity contribution in [2.45, 2.75) is 12.8 Å². The van der Waals surface area contributed by atoms with Gasteiger partial charge in [-0.3, -0.25) is 0 Å². The maximum atomic E-state index is 10.1. The molecule has 0 bridgehead atoms. The van der Waals surface area contributed by atoms with Crippen molar-refractivity contribution in [1.82, 2.24) is 0 Å². The summed E-state index contributed by atoms with van der Waals surface area (Å²) in [5, 5.41) is 0. The highest BCUT2D eigenvalue weighted by molar-refractivity contribution is 14.1. The van der Waals surface area contributed by atoms with Crippen molar-refractivity contribution in [2.24, 2.45) is 0 Å². The first-order valence-electron chi connectivity index (χ1n) is 2.65. The molecule has 0 amide bonds. The molecule has 0 aliphatic carbocycles. The molecule has 1 atom stereocenters. The molecule has 0 aliphatic rings. The number of rotatable bonds is 4. The molecule has 0 fully saturated rings. The second kappa shape index (κ2) is 4.66. The van der Waals surface area contributed by atoms with Crippen LogP contribution >= 0.6 is 30.2 Å². The Kier molecular flexibility index (Phi) is 5.11. The molecule has 0 spiro atoms. The summed E-state index contributed by atoms with van der Waals surface area (Å²) < 4.78 is 11.0. The van der Waals surface area contributed by atoms with E-state index in [1.807, 2.05) is 0 Å². The number of unbranched alkanes of at least 4 members (excludes halogenated alkanes) is 1. The third-order valence-electron chi connectivity index (χ3n) is 0.824. The van der Waals surface area contributed by atoms with E-state index < -0.39 is 7.60 Å². The van der Waals surface area contributed by atoms with Crippen LogP contribution in [0.1, 0.15) is 12.8 Å². The zero-order valence-electron chi connectivity index (χ0n) is 4.92. The molecule has 9 heavy (non-hydrogen) atoms. The fourth-order valence-electron chi connectivity index (χ4n) is 0.406. The van der Waals surface area contributed by atoms with E-state index >= 15 is 0 Å². The maximum Gasteiger partial charge on any atom is 0.132 e.